The zero-order chi connectivity index (χ0) is 16.6. The number of benzene rings is 1. The Morgan fingerprint density at radius 3 is 2.46 bits per heavy atom. The summed E-state index contributed by atoms with van der Waals surface area (Å²) in [5.74, 6) is 1.59. The van der Waals surface area contributed by atoms with E-state index in [-0.39, 0.29) is 6.09 Å². The molecule has 1 amide bonds. The van der Waals surface area contributed by atoms with Gasteiger partial charge in [0.25, 0.3) is 0 Å². The van der Waals surface area contributed by atoms with E-state index in [9.17, 15) is 4.79 Å². The molecule has 3 rings (SSSR count). The van der Waals surface area contributed by atoms with Crippen molar-refractivity contribution in [3.05, 3.63) is 29.8 Å². The first-order valence-electron chi connectivity index (χ1n) is 9.87. The van der Waals surface area contributed by atoms with Gasteiger partial charge in [0.1, 0.15) is 5.75 Å². The second kappa shape index (κ2) is 9.10. The lowest BCUT2D eigenvalue weighted by molar-refractivity contribution is 0.154. The van der Waals surface area contributed by atoms with Gasteiger partial charge in [-0.3, -0.25) is 0 Å². The van der Waals surface area contributed by atoms with Crippen molar-refractivity contribution in [2.24, 2.45) is 5.92 Å². The van der Waals surface area contributed by atoms with Crippen LogP contribution in [-0.4, -0.2) is 24.1 Å². The molecule has 1 aromatic rings. The first-order valence-corrected chi connectivity index (χ1v) is 9.87. The van der Waals surface area contributed by atoms with Gasteiger partial charge in [0, 0.05) is 13.1 Å². The molecular weight excluding hydrogens is 298 g/mol. The van der Waals surface area contributed by atoms with Gasteiger partial charge in [-0.1, -0.05) is 57.1 Å². The van der Waals surface area contributed by atoms with Crippen LogP contribution in [0.1, 0.15) is 69.8 Å². The molecular formula is C21H31NO2. The molecule has 2 fully saturated rings. The van der Waals surface area contributed by atoms with E-state index in [0.717, 1.165) is 38.3 Å². The van der Waals surface area contributed by atoms with Crippen molar-refractivity contribution in [1.82, 2.24) is 4.90 Å². The molecule has 2 aliphatic rings. The van der Waals surface area contributed by atoms with Gasteiger partial charge in [0.05, 0.1) is 0 Å². The summed E-state index contributed by atoms with van der Waals surface area (Å²) in [5.41, 5.74) is 1.29. The first-order chi connectivity index (χ1) is 11.8. The molecule has 0 radical (unpaired) electrons. The molecule has 1 aliphatic heterocycles. The van der Waals surface area contributed by atoms with Crippen LogP contribution in [0.25, 0.3) is 0 Å². The van der Waals surface area contributed by atoms with Crippen LogP contribution in [0, 0.1) is 5.92 Å². The zero-order valence-corrected chi connectivity index (χ0v) is 14.8. The molecule has 0 atom stereocenters. The van der Waals surface area contributed by atoms with Crippen molar-refractivity contribution in [3.63, 3.8) is 0 Å². The van der Waals surface area contributed by atoms with Crippen LogP contribution in [0.2, 0.25) is 0 Å². The second-order valence-corrected chi connectivity index (χ2v) is 7.46. The third-order valence-electron chi connectivity index (χ3n) is 5.53. The molecule has 0 unspecified atom stereocenters. The molecule has 0 aromatic heterocycles. The van der Waals surface area contributed by atoms with E-state index >= 15 is 0 Å². The Morgan fingerprint density at radius 2 is 1.71 bits per heavy atom. The summed E-state index contributed by atoms with van der Waals surface area (Å²) in [6, 6.07) is 8.13. The smallest absolute Gasteiger partial charge is 0.410 e. The minimum atomic E-state index is -0.179. The Bertz CT molecular complexity index is 514. The number of rotatable bonds is 4. The molecule has 132 valence electrons. The first kappa shape index (κ1) is 17.3. The van der Waals surface area contributed by atoms with Gasteiger partial charge in [-0.25, -0.2) is 4.79 Å². The maximum Gasteiger partial charge on any atom is 0.415 e. The van der Waals surface area contributed by atoms with Crippen LogP contribution in [0.4, 0.5) is 4.79 Å². The predicted molar refractivity (Wildman–Crippen MR) is 97.4 cm³/mol. The average Bonchev–Trinajstić information content (AvgIpc) is 2.91. The van der Waals surface area contributed by atoms with Gasteiger partial charge >= 0.3 is 6.09 Å². The molecule has 1 saturated carbocycles. The van der Waals surface area contributed by atoms with Gasteiger partial charge in [0.15, 0.2) is 0 Å². The molecule has 3 heteroatoms. The summed E-state index contributed by atoms with van der Waals surface area (Å²) in [6.07, 6.45) is 13.8. The molecule has 3 nitrogen and oxygen atoms in total. The topological polar surface area (TPSA) is 29.5 Å². The van der Waals surface area contributed by atoms with E-state index in [2.05, 4.69) is 12.1 Å². The number of aryl methyl sites for hydroxylation is 1. The third kappa shape index (κ3) is 5.25. The molecule has 1 saturated heterocycles. The van der Waals surface area contributed by atoms with Gasteiger partial charge in [0.2, 0.25) is 0 Å². The minimum Gasteiger partial charge on any atom is -0.410 e. The van der Waals surface area contributed by atoms with Crippen molar-refractivity contribution in [1.29, 1.82) is 0 Å². The van der Waals surface area contributed by atoms with Gasteiger partial charge < -0.3 is 9.64 Å². The Morgan fingerprint density at radius 1 is 1.00 bits per heavy atom. The molecule has 0 spiro atoms. The molecule has 0 bridgehead atoms. The van der Waals surface area contributed by atoms with E-state index in [1.165, 1.54) is 56.9 Å². The van der Waals surface area contributed by atoms with Crippen LogP contribution in [0.5, 0.6) is 5.75 Å². The average molecular weight is 329 g/mol. The lowest BCUT2D eigenvalue weighted by Gasteiger charge is -2.21. The largest absolute Gasteiger partial charge is 0.415 e. The highest BCUT2D eigenvalue weighted by Gasteiger charge is 2.18. The lowest BCUT2D eigenvalue weighted by atomic mass is 9.85. The number of nitrogens with zero attached hydrogens (tertiary/aromatic N) is 1. The van der Waals surface area contributed by atoms with Crippen molar-refractivity contribution in [2.45, 2.75) is 70.6 Å². The monoisotopic (exact) mass is 329 g/mol. The Labute approximate surface area is 146 Å². The van der Waals surface area contributed by atoms with Crippen LogP contribution in [0.15, 0.2) is 24.3 Å². The van der Waals surface area contributed by atoms with E-state index in [1.54, 1.807) is 0 Å². The Balaban J connectivity index is 1.51. The quantitative estimate of drug-likeness (QED) is 0.722. The summed E-state index contributed by atoms with van der Waals surface area (Å²) < 4.78 is 5.63. The summed E-state index contributed by atoms with van der Waals surface area (Å²) in [5, 5.41) is 0. The molecule has 0 N–H and O–H groups in total. The fraction of sp³-hybridized carbons (Fsp3) is 0.667. The highest BCUT2D eigenvalue weighted by molar-refractivity contribution is 5.70. The number of amides is 1. The second-order valence-electron chi connectivity index (χ2n) is 7.46. The van der Waals surface area contributed by atoms with Gasteiger partial charge in [-0.15, -0.1) is 0 Å². The third-order valence-corrected chi connectivity index (χ3v) is 5.53. The number of ether oxygens (including phenoxy) is 1. The highest BCUT2D eigenvalue weighted by Crippen LogP contribution is 2.28. The normalized spacial score (nSPS) is 19.8. The Hall–Kier alpha value is -1.51. The zero-order valence-electron chi connectivity index (χ0n) is 14.8. The number of likely N-dealkylation sites (tertiary alicyclic amines) is 1. The molecule has 1 aliphatic carbocycles. The van der Waals surface area contributed by atoms with Crippen molar-refractivity contribution >= 4 is 6.09 Å². The van der Waals surface area contributed by atoms with E-state index in [0.29, 0.717) is 5.75 Å². The van der Waals surface area contributed by atoms with Gasteiger partial charge in [-0.05, 0) is 49.3 Å². The van der Waals surface area contributed by atoms with Crippen molar-refractivity contribution < 1.29 is 9.53 Å². The summed E-state index contributed by atoms with van der Waals surface area (Å²) >= 11 is 0. The van der Waals surface area contributed by atoms with Crippen molar-refractivity contribution in [2.75, 3.05) is 13.1 Å². The van der Waals surface area contributed by atoms with E-state index in [1.807, 2.05) is 17.0 Å². The number of hydrogen-bond acceptors (Lipinski definition) is 2. The summed E-state index contributed by atoms with van der Waals surface area (Å²) in [6.45, 7) is 1.67. The highest BCUT2D eigenvalue weighted by atomic mass is 16.6. The molecule has 1 aromatic carbocycles. The SMILES string of the molecule is O=C(Oc1cccc(CCC2CCCCC2)c1)N1CCCCCC1. The standard InChI is InChI=1S/C21H31NO2/c23-21(22-15-6-1-2-7-16-22)24-20-12-8-11-19(17-20)14-13-18-9-4-3-5-10-18/h8,11-12,17-18H,1-7,9-10,13-16H2. The number of carbonyl (C=O) groups excluding carboxylic acids is 1. The number of carbonyl (C=O) groups is 1. The molecule has 24 heavy (non-hydrogen) atoms. The fourth-order valence-electron chi connectivity index (χ4n) is 4.03. The number of hydrogen-bond donors (Lipinski definition) is 0. The Kier molecular flexibility index (Phi) is 6.57. The summed E-state index contributed by atoms with van der Waals surface area (Å²) in [7, 11) is 0. The molecule has 1 heterocycles. The van der Waals surface area contributed by atoms with Crippen LogP contribution in [0.3, 0.4) is 0 Å². The van der Waals surface area contributed by atoms with E-state index < -0.39 is 0 Å². The predicted octanol–water partition coefficient (Wildman–Crippen LogP) is 5.57. The fourth-order valence-corrected chi connectivity index (χ4v) is 4.03. The summed E-state index contributed by atoms with van der Waals surface area (Å²) in [4.78, 5) is 14.2. The lowest BCUT2D eigenvalue weighted by Crippen LogP contribution is -2.34. The maximum atomic E-state index is 12.3. The minimum absolute atomic E-state index is 0.179. The maximum absolute atomic E-state index is 12.3. The van der Waals surface area contributed by atoms with E-state index in [4.69, 9.17) is 4.74 Å². The van der Waals surface area contributed by atoms with Crippen LogP contribution < -0.4 is 4.74 Å². The van der Waals surface area contributed by atoms with Crippen molar-refractivity contribution in [3.8, 4) is 5.75 Å². The van der Waals surface area contributed by atoms with Crippen LogP contribution >= 0.6 is 0 Å². The van der Waals surface area contributed by atoms with Gasteiger partial charge in [-0.2, -0.15) is 0 Å². The van der Waals surface area contributed by atoms with Crippen LogP contribution in [-0.2, 0) is 6.42 Å².